The van der Waals surface area contributed by atoms with Gasteiger partial charge in [-0.05, 0) is 0 Å². The number of aromatic amines is 1. The molecule has 0 unspecified atom stereocenters. The third kappa shape index (κ3) is 4.06. The summed E-state index contributed by atoms with van der Waals surface area (Å²) in [5.41, 5.74) is 1.59. The molecule has 2 aromatic heterocycles. The Labute approximate surface area is 79.6 Å². The van der Waals surface area contributed by atoms with E-state index in [0.717, 1.165) is 11.2 Å². The van der Waals surface area contributed by atoms with E-state index in [1.807, 2.05) is 0 Å². The van der Waals surface area contributed by atoms with Gasteiger partial charge in [0.25, 0.3) is 0 Å². The summed E-state index contributed by atoms with van der Waals surface area (Å²) in [6.45, 7) is 0. The predicted molar refractivity (Wildman–Crippen MR) is 50.1 cm³/mol. The van der Waals surface area contributed by atoms with Crippen molar-refractivity contribution in [1.29, 1.82) is 0 Å². The van der Waals surface area contributed by atoms with Crippen LogP contribution < -0.4 is 6.15 Å². The van der Waals surface area contributed by atoms with E-state index in [2.05, 4.69) is 19.9 Å². The minimum Gasteiger partial charge on any atom is -0.344 e. The lowest BCUT2D eigenvalue weighted by Crippen LogP contribution is -1.76. The van der Waals surface area contributed by atoms with Crippen LogP contribution in [0.15, 0.2) is 18.9 Å². The van der Waals surface area contributed by atoms with Gasteiger partial charge in [0.1, 0.15) is 11.8 Å². The van der Waals surface area contributed by atoms with Crippen LogP contribution in [0, 0.1) is 0 Å². The summed E-state index contributed by atoms with van der Waals surface area (Å²) in [4.78, 5) is 28.8. The van der Waals surface area contributed by atoms with Gasteiger partial charge in [-0.1, -0.05) is 0 Å². The second-order valence-electron chi connectivity index (χ2n) is 1.94. The normalized spacial score (nSPS) is 9.07. The molecule has 2 rings (SSSR count). The van der Waals surface area contributed by atoms with E-state index in [4.69, 9.17) is 14.4 Å². The number of H-pyrrole nitrogens is 1. The molecule has 2 heterocycles. The van der Waals surface area contributed by atoms with Crippen LogP contribution >= 0.6 is 8.25 Å². The standard InChI is InChI=1S/C5H4N4.H3N.H3O3P/c1-4-5(8-2-6-1)9-3-7-4;;1-4(2)3/h1-3H,(H,6,7,8,9);1H3;4H,(H2,1,2,3). The molecule has 0 amide bonds. The van der Waals surface area contributed by atoms with E-state index in [-0.39, 0.29) is 6.15 Å². The summed E-state index contributed by atoms with van der Waals surface area (Å²) in [6.07, 6.45) is 4.75. The minimum absolute atomic E-state index is 0. The van der Waals surface area contributed by atoms with Crippen molar-refractivity contribution in [3.05, 3.63) is 18.9 Å². The highest BCUT2D eigenvalue weighted by molar-refractivity contribution is 7.30. The third-order valence-electron chi connectivity index (χ3n) is 1.10. The van der Waals surface area contributed by atoms with Gasteiger partial charge >= 0.3 is 8.25 Å². The van der Waals surface area contributed by atoms with E-state index in [1.54, 1.807) is 12.5 Å². The zero-order valence-corrected chi connectivity index (χ0v) is 8.08. The Morgan fingerprint density at radius 3 is 2.57 bits per heavy atom. The van der Waals surface area contributed by atoms with Gasteiger partial charge in [0.2, 0.25) is 0 Å². The first kappa shape index (κ1) is 12.7. The van der Waals surface area contributed by atoms with Gasteiger partial charge in [0.15, 0.2) is 5.65 Å². The summed E-state index contributed by atoms with van der Waals surface area (Å²) in [6, 6.07) is 0. The summed E-state index contributed by atoms with van der Waals surface area (Å²) < 4.78 is 8.74. The van der Waals surface area contributed by atoms with E-state index in [1.165, 1.54) is 6.33 Å². The van der Waals surface area contributed by atoms with Crippen molar-refractivity contribution < 1.29 is 14.4 Å². The monoisotopic (exact) mass is 219 g/mol. The molecule has 0 aliphatic heterocycles. The molecule has 0 bridgehead atoms. The average molecular weight is 219 g/mol. The number of hydrogen-bond acceptors (Lipinski definition) is 5. The fourth-order valence-electron chi connectivity index (χ4n) is 0.691. The van der Waals surface area contributed by atoms with E-state index >= 15 is 0 Å². The summed E-state index contributed by atoms with van der Waals surface area (Å²) in [5, 5.41) is 0. The fourth-order valence-corrected chi connectivity index (χ4v) is 0.691. The van der Waals surface area contributed by atoms with Crippen LogP contribution in [0.1, 0.15) is 0 Å². The van der Waals surface area contributed by atoms with Crippen LogP contribution in [-0.2, 0) is 4.57 Å². The van der Waals surface area contributed by atoms with Crippen LogP contribution in [0.5, 0.6) is 0 Å². The Balaban J connectivity index is 0.000000299. The predicted octanol–water partition coefficient (Wildman–Crippen LogP) is -0.124. The molecular weight excluding hydrogens is 209 g/mol. The highest BCUT2D eigenvalue weighted by Crippen LogP contribution is 1.99. The molecule has 8 nitrogen and oxygen atoms in total. The number of aromatic nitrogens is 4. The molecule has 0 spiro atoms. The van der Waals surface area contributed by atoms with E-state index in [0.29, 0.717) is 0 Å². The molecule has 0 saturated carbocycles. The summed E-state index contributed by atoms with van der Waals surface area (Å²) >= 11 is 0. The molecule has 0 fully saturated rings. The lowest BCUT2D eigenvalue weighted by atomic mass is 10.6. The molecule has 14 heavy (non-hydrogen) atoms. The number of imidazole rings is 1. The van der Waals surface area contributed by atoms with Gasteiger partial charge < -0.3 is 20.9 Å². The highest BCUT2D eigenvalue weighted by Gasteiger charge is 1.91. The SMILES string of the molecule is N.O=[PH](O)O.c1ncc2nc[nH]c2n1. The number of fused-ring (bicyclic) bond motifs is 1. The molecule has 0 saturated heterocycles. The van der Waals surface area contributed by atoms with Gasteiger partial charge in [0.05, 0.1) is 12.5 Å². The Hall–Kier alpha value is -1.34. The van der Waals surface area contributed by atoms with Crippen molar-refractivity contribution in [2.24, 2.45) is 0 Å². The van der Waals surface area contributed by atoms with Gasteiger partial charge in [-0.3, -0.25) is 4.57 Å². The van der Waals surface area contributed by atoms with E-state index < -0.39 is 8.25 Å². The fraction of sp³-hybridized carbons (Fsp3) is 0. The first-order valence-electron chi connectivity index (χ1n) is 3.21. The molecule has 78 valence electrons. The number of nitrogens with zero attached hydrogens (tertiary/aromatic N) is 3. The van der Waals surface area contributed by atoms with Gasteiger partial charge in [-0.25, -0.2) is 15.0 Å². The maximum atomic E-state index is 8.74. The van der Waals surface area contributed by atoms with Crippen molar-refractivity contribution >= 4 is 19.4 Å². The third-order valence-corrected chi connectivity index (χ3v) is 1.10. The molecule has 0 aliphatic rings. The van der Waals surface area contributed by atoms with Crippen molar-refractivity contribution in [3.63, 3.8) is 0 Å². The van der Waals surface area contributed by atoms with Crippen LogP contribution in [0.4, 0.5) is 0 Å². The minimum atomic E-state index is -3.13. The van der Waals surface area contributed by atoms with Gasteiger partial charge in [0, 0.05) is 0 Å². The molecule has 0 aliphatic carbocycles. The maximum absolute atomic E-state index is 8.74. The zero-order chi connectivity index (χ0) is 9.68. The largest absolute Gasteiger partial charge is 0.344 e. The Bertz CT molecular complexity index is 371. The van der Waals surface area contributed by atoms with Crippen molar-refractivity contribution in [1.82, 2.24) is 26.1 Å². The van der Waals surface area contributed by atoms with Crippen molar-refractivity contribution in [3.8, 4) is 0 Å². The van der Waals surface area contributed by atoms with Gasteiger partial charge in [-0.2, -0.15) is 0 Å². The zero-order valence-electron chi connectivity index (χ0n) is 7.08. The quantitative estimate of drug-likeness (QED) is 0.451. The average Bonchev–Trinajstić information content (AvgIpc) is 2.49. The van der Waals surface area contributed by atoms with Crippen molar-refractivity contribution in [2.75, 3.05) is 0 Å². The number of rotatable bonds is 0. The first-order valence-corrected chi connectivity index (χ1v) is 4.51. The Morgan fingerprint density at radius 2 is 2.00 bits per heavy atom. The smallest absolute Gasteiger partial charge is 0.314 e. The van der Waals surface area contributed by atoms with E-state index in [9.17, 15) is 0 Å². The van der Waals surface area contributed by atoms with Crippen LogP contribution in [0.2, 0.25) is 0 Å². The number of hydrogen-bond donors (Lipinski definition) is 4. The Morgan fingerprint density at radius 1 is 1.36 bits per heavy atom. The van der Waals surface area contributed by atoms with Crippen LogP contribution in [-0.4, -0.2) is 29.7 Å². The lowest BCUT2D eigenvalue weighted by Gasteiger charge is -1.80. The molecule has 0 atom stereocenters. The summed E-state index contributed by atoms with van der Waals surface area (Å²) in [7, 11) is -3.13. The second-order valence-corrected chi connectivity index (χ2v) is 2.51. The molecule has 2 aromatic rings. The highest BCUT2D eigenvalue weighted by atomic mass is 31.1. The first-order chi connectivity index (χ1) is 6.20. The summed E-state index contributed by atoms with van der Waals surface area (Å²) in [5.74, 6) is 0. The Kier molecular flexibility index (Phi) is 5.58. The van der Waals surface area contributed by atoms with Crippen molar-refractivity contribution in [2.45, 2.75) is 0 Å². The van der Waals surface area contributed by atoms with Crippen LogP contribution in [0.3, 0.4) is 0 Å². The van der Waals surface area contributed by atoms with Gasteiger partial charge in [-0.15, -0.1) is 0 Å². The maximum Gasteiger partial charge on any atom is 0.314 e. The molecule has 6 N–H and O–H groups in total. The molecule has 0 aromatic carbocycles. The molecular formula is C5H10N5O3P. The van der Waals surface area contributed by atoms with Crippen LogP contribution in [0.25, 0.3) is 11.2 Å². The lowest BCUT2D eigenvalue weighted by molar-refractivity contribution is 0.405. The molecule has 0 radical (unpaired) electrons. The molecule has 9 heteroatoms. The topological polar surface area (TPSA) is 147 Å². The second kappa shape index (κ2) is 6.17. The number of nitrogens with one attached hydrogen (secondary N) is 1.